The predicted molar refractivity (Wildman–Crippen MR) is 115 cm³/mol. The van der Waals surface area contributed by atoms with Crippen molar-refractivity contribution in [2.45, 2.75) is 63.2 Å². The lowest BCUT2D eigenvalue weighted by Crippen LogP contribution is -2.29. The SMILES string of the molecule is CCCCCCCCC1(c2ccc(O)cc2)C=CC(c2ccccc2)C(F)=C1F. The fourth-order valence-corrected chi connectivity index (χ4v) is 4.19. The fraction of sp³-hybridized carbons (Fsp3) is 0.385. The van der Waals surface area contributed by atoms with Gasteiger partial charge in [0.25, 0.3) is 0 Å². The maximum absolute atomic E-state index is 15.6. The number of phenols is 1. The molecule has 2 unspecified atom stereocenters. The molecule has 0 aromatic heterocycles. The van der Waals surface area contributed by atoms with Crippen LogP contribution in [0.5, 0.6) is 5.75 Å². The van der Waals surface area contributed by atoms with Crippen LogP contribution in [0.15, 0.2) is 78.4 Å². The topological polar surface area (TPSA) is 20.2 Å². The number of allylic oxidation sites excluding steroid dienone is 4. The van der Waals surface area contributed by atoms with E-state index in [0.29, 0.717) is 12.0 Å². The summed E-state index contributed by atoms with van der Waals surface area (Å²) in [5.41, 5.74) is 0.322. The van der Waals surface area contributed by atoms with E-state index in [2.05, 4.69) is 6.92 Å². The van der Waals surface area contributed by atoms with Gasteiger partial charge in [0.2, 0.25) is 0 Å². The molecule has 0 saturated carbocycles. The Balaban J connectivity index is 1.88. The minimum atomic E-state index is -1.10. The lowest BCUT2D eigenvalue weighted by atomic mass is 9.70. The third-order valence-corrected chi connectivity index (χ3v) is 5.91. The molecular formula is C26H30F2O. The Morgan fingerprint density at radius 3 is 2.21 bits per heavy atom. The first-order valence-electron chi connectivity index (χ1n) is 10.7. The number of hydrogen-bond acceptors (Lipinski definition) is 1. The Morgan fingerprint density at radius 2 is 1.52 bits per heavy atom. The summed E-state index contributed by atoms with van der Waals surface area (Å²) < 4.78 is 30.9. The van der Waals surface area contributed by atoms with Crippen molar-refractivity contribution in [2.75, 3.05) is 0 Å². The number of phenolic OH excluding ortho intramolecular Hbond substituents is 1. The Bertz CT molecular complexity index is 839. The minimum Gasteiger partial charge on any atom is -0.508 e. The van der Waals surface area contributed by atoms with Crippen molar-refractivity contribution < 1.29 is 13.9 Å². The number of hydrogen-bond donors (Lipinski definition) is 1. The molecule has 0 radical (unpaired) electrons. The molecule has 0 bridgehead atoms. The van der Waals surface area contributed by atoms with Crippen molar-refractivity contribution in [3.8, 4) is 5.75 Å². The normalized spacial score (nSPS) is 21.6. The summed E-state index contributed by atoms with van der Waals surface area (Å²) in [5, 5.41) is 9.65. The predicted octanol–water partition coefficient (Wildman–Crippen LogP) is 7.88. The van der Waals surface area contributed by atoms with Gasteiger partial charge in [0.15, 0.2) is 0 Å². The zero-order valence-electron chi connectivity index (χ0n) is 17.1. The number of unbranched alkanes of at least 4 members (excludes halogenated alkanes) is 5. The smallest absolute Gasteiger partial charge is 0.147 e. The zero-order valence-corrected chi connectivity index (χ0v) is 17.1. The highest BCUT2D eigenvalue weighted by molar-refractivity contribution is 5.49. The lowest BCUT2D eigenvalue weighted by molar-refractivity contribution is 0.370. The largest absolute Gasteiger partial charge is 0.508 e. The quantitative estimate of drug-likeness (QED) is 0.337. The van der Waals surface area contributed by atoms with Gasteiger partial charge in [0, 0.05) is 0 Å². The summed E-state index contributed by atoms with van der Waals surface area (Å²) in [5.74, 6) is -1.98. The molecule has 0 aliphatic heterocycles. The molecule has 154 valence electrons. The summed E-state index contributed by atoms with van der Waals surface area (Å²) in [4.78, 5) is 0. The third kappa shape index (κ3) is 4.77. The molecule has 29 heavy (non-hydrogen) atoms. The molecule has 1 aliphatic rings. The maximum Gasteiger partial charge on any atom is 0.147 e. The van der Waals surface area contributed by atoms with Gasteiger partial charge in [-0.2, -0.15) is 0 Å². The monoisotopic (exact) mass is 396 g/mol. The van der Waals surface area contributed by atoms with Crippen LogP contribution in [0.3, 0.4) is 0 Å². The van der Waals surface area contributed by atoms with E-state index in [1.54, 1.807) is 30.3 Å². The van der Waals surface area contributed by atoms with Crippen LogP contribution in [-0.4, -0.2) is 5.11 Å². The van der Waals surface area contributed by atoms with E-state index in [1.165, 1.54) is 19.3 Å². The zero-order chi connectivity index (χ0) is 20.7. The van der Waals surface area contributed by atoms with Crippen LogP contribution in [0.2, 0.25) is 0 Å². The summed E-state index contributed by atoms with van der Waals surface area (Å²) >= 11 is 0. The number of rotatable bonds is 9. The minimum absolute atomic E-state index is 0.121. The standard InChI is InChI=1S/C26H30F2O/c1-2-3-4-5-6-10-18-26(21-13-15-22(29)16-14-21)19-17-23(24(27)25(26)28)20-11-8-7-9-12-20/h7-9,11-17,19,23,29H,2-6,10,18H2,1H3. The van der Waals surface area contributed by atoms with Crippen LogP contribution < -0.4 is 0 Å². The first-order valence-corrected chi connectivity index (χ1v) is 10.7. The Morgan fingerprint density at radius 1 is 0.862 bits per heavy atom. The second kappa shape index (κ2) is 9.87. The molecule has 3 heteroatoms. The Kier molecular flexibility index (Phi) is 7.24. The molecule has 1 nitrogen and oxygen atoms in total. The average Bonchev–Trinajstić information content (AvgIpc) is 2.75. The van der Waals surface area contributed by atoms with Crippen LogP contribution in [0.1, 0.15) is 68.9 Å². The molecule has 1 N–H and O–H groups in total. The molecule has 0 fully saturated rings. The van der Waals surface area contributed by atoms with Gasteiger partial charge < -0.3 is 5.11 Å². The summed E-state index contributed by atoms with van der Waals surface area (Å²) in [6.45, 7) is 2.18. The second-order valence-corrected chi connectivity index (χ2v) is 7.95. The molecule has 2 aromatic rings. The van der Waals surface area contributed by atoms with E-state index < -0.39 is 23.0 Å². The molecule has 1 aliphatic carbocycles. The second-order valence-electron chi connectivity index (χ2n) is 7.95. The van der Waals surface area contributed by atoms with Crippen molar-refractivity contribution >= 4 is 0 Å². The van der Waals surface area contributed by atoms with E-state index in [9.17, 15) is 5.11 Å². The maximum atomic E-state index is 15.6. The van der Waals surface area contributed by atoms with Gasteiger partial charge in [-0.3, -0.25) is 0 Å². The highest BCUT2D eigenvalue weighted by Gasteiger charge is 2.41. The molecular weight excluding hydrogens is 366 g/mol. The van der Waals surface area contributed by atoms with Crippen LogP contribution in [0, 0.1) is 0 Å². The van der Waals surface area contributed by atoms with Gasteiger partial charge in [0.05, 0.1) is 11.3 Å². The van der Waals surface area contributed by atoms with E-state index in [4.69, 9.17) is 0 Å². The molecule has 3 rings (SSSR count). The highest BCUT2D eigenvalue weighted by Crippen LogP contribution is 2.48. The van der Waals surface area contributed by atoms with Crippen molar-refractivity contribution in [3.63, 3.8) is 0 Å². The van der Waals surface area contributed by atoms with Gasteiger partial charge in [-0.15, -0.1) is 0 Å². The van der Waals surface area contributed by atoms with Crippen LogP contribution in [-0.2, 0) is 5.41 Å². The molecule has 0 amide bonds. The molecule has 0 saturated heterocycles. The summed E-state index contributed by atoms with van der Waals surface area (Å²) in [6.07, 6.45) is 10.7. The summed E-state index contributed by atoms with van der Waals surface area (Å²) in [7, 11) is 0. The van der Waals surface area contributed by atoms with E-state index >= 15 is 8.78 Å². The van der Waals surface area contributed by atoms with E-state index in [0.717, 1.165) is 24.8 Å². The van der Waals surface area contributed by atoms with Crippen LogP contribution in [0.25, 0.3) is 0 Å². The van der Waals surface area contributed by atoms with Crippen LogP contribution >= 0.6 is 0 Å². The first kappa shape index (κ1) is 21.3. The Hall–Kier alpha value is -2.42. The van der Waals surface area contributed by atoms with Crippen molar-refractivity contribution in [2.24, 2.45) is 0 Å². The van der Waals surface area contributed by atoms with E-state index in [-0.39, 0.29) is 5.75 Å². The van der Waals surface area contributed by atoms with Gasteiger partial charge >= 0.3 is 0 Å². The van der Waals surface area contributed by atoms with Crippen molar-refractivity contribution in [3.05, 3.63) is 89.5 Å². The average molecular weight is 397 g/mol. The van der Waals surface area contributed by atoms with Crippen molar-refractivity contribution in [1.29, 1.82) is 0 Å². The highest BCUT2D eigenvalue weighted by atomic mass is 19.2. The molecule has 0 spiro atoms. The molecule has 2 aromatic carbocycles. The van der Waals surface area contributed by atoms with Gasteiger partial charge in [-0.25, -0.2) is 8.78 Å². The number of aromatic hydroxyl groups is 1. The Labute approximate surface area is 172 Å². The van der Waals surface area contributed by atoms with Crippen molar-refractivity contribution in [1.82, 2.24) is 0 Å². The summed E-state index contributed by atoms with van der Waals surface area (Å²) in [6, 6.07) is 15.7. The third-order valence-electron chi connectivity index (χ3n) is 5.91. The lowest BCUT2D eigenvalue weighted by Gasteiger charge is -2.35. The van der Waals surface area contributed by atoms with E-state index in [1.807, 2.05) is 36.4 Å². The fourth-order valence-electron chi connectivity index (χ4n) is 4.19. The van der Waals surface area contributed by atoms with Gasteiger partial charge in [-0.05, 0) is 29.7 Å². The first-order chi connectivity index (χ1) is 14.1. The van der Waals surface area contributed by atoms with Crippen LogP contribution in [0.4, 0.5) is 8.78 Å². The van der Waals surface area contributed by atoms with Gasteiger partial charge in [-0.1, -0.05) is 100 Å². The van der Waals surface area contributed by atoms with Gasteiger partial charge in [0.1, 0.15) is 17.4 Å². The molecule has 0 heterocycles. The number of benzene rings is 2. The number of halogens is 2. The molecule has 2 atom stereocenters.